The Bertz CT molecular complexity index is 355. The maximum absolute atomic E-state index is 11.0. The fraction of sp³-hybridized carbons (Fsp3) is 0.400. The molecule has 0 aliphatic carbocycles. The Morgan fingerprint density at radius 3 is 2.73 bits per heavy atom. The second kappa shape index (κ2) is 3.86. The van der Waals surface area contributed by atoms with Crippen molar-refractivity contribution in [2.45, 2.75) is 18.6 Å². The van der Waals surface area contributed by atoms with Crippen LogP contribution in [0.15, 0.2) is 24.5 Å². The van der Waals surface area contributed by atoms with Crippen molar-refractivity contribution in [3.05, 3.63) is 24.5 Å². The third-order valence-corrected chi connectivity index (χ3v) is 2.61. The van der Waals surface area contributed by atoms with E-state index in [0.717, 1.165) is 5.69 Å². The van der Waals surface area contributed by atoms with Gasteiger partial charge in [0.1, 0.15) is 0 Å². The fourth-order valence-electron chi connectivity index (χ4n) is 1.90. The second-order valence-electron chi connectivity index (χ2n) is 3.54. The zero-order valence-electron chi connectivity index (χ0n) is 8.08. The SMILES string of the molecule is O=C(O)[C@@H]1[C@@H](O)CCN1c1ccncc1. The molecule has 0 aromatic carbocycles. The summed E-state index contributed by atoms with van der Waals surface area (Å²) in [6.45, 7) is 0.558. The summed E-state index contributed by atoms with van der Waals surface area (Å²) < 4.78 is 0. The molecule has 5 nitrogen and oxygen atoms in total. The summed E-state index contributed by atoms with van der Waals surface area (Å²) in [6.07, 6.45) is 2.91. The molecule has 0 amide bonds. The molecule has 1 aromatic heterocycles. The van der Waals surface area contributed by atoms with Crippen molar-refractivity contribution < 1.29 is 15.0 Å². The van der Waals surface area contributed by atoms with Crippen molar-refractivity contribution in [3.8, 4) is 0 Å². The van der Waals surface area contributed by atoms with E-state index in [2.05, 4.69) is 4.98 Å². The van der Waals surface area contributed by atoms with Crippen molar-refractivity contribution in [1.82, 2.24) is 4.98 Å². The lowest BCUT2D eigenvalue weighted by molar-refractivity contribution is -0.140. The highest BCUT2D eigenvalue weighted by Crippen LogP contribution is 2.25. The highest BCUT2D eigenvalue weighted by Gasteiger charge is 2.38. The van der Waals surface area contributed by atoms with E-state index in [-0.39, 0.29) is 0 Å². The molecule has 1 aliphatic heterocycles. The Balaban J connectivity index is 2.26. The van der Waals surface area contributed by atoms with Gasteiger partial charge in [-0.05, 0) is 18.6 Å². The second-order valence-corrected chi connectivity index (χ2v) is 3.54. The van der Waals surface area contributed by atoms with Crippen LogP contribution in [0.5, 0.6) is 0 Å². The van der Waals surface area contributed by atoms with Gasteiger partial charge < -0.3 is 15.1 Å². The number of aromatic nitrogens is 1. The van der Waals surface area contributed by atoms with Gasteiger partial charge in [-0.25, -0.2) is 4.79 Å². The van der Waals surface area contributed by atoms with Gasteiger partial charge in [0.15, 0.2) is 6.04 Å². The van der Waals surface area contributed by atoms with Crippen LogP contribution in [0.4, 0.5) is 5.69 Å². The highest BCUT2D eigenvalue weighted by molar-refractivity contribution is 5.79. The first-order valence-corrected chi connectivity index (χ1v) is 4.77. The number of nitrogens with zero attached hydrogens (tertiary/aromatic N) is 2. The highest BCUT2D eigenvalue weighted by atomic mass is 16.4. The molecular weight excluding hydrogens is 196 g/mol. The lowest BCUT2D eigenvalue weighted by Crippen LogP contribution is -2.41. The topological polar surface area (TPSA) is 73.7 Å². The van der Waals surface area contributed by atoms with Crippen LogP contribution in [-0.4, -0.2) is 39.9 Å². The van der Waals surface area contributed by atoms with Crippen LogP contribution >= 0.6 is 0 Å². The molecule has 2 rings (SSSR count). The number of pyridine rings is 1. The summed E-state index contributed by atoms with van der Waals surface area (Å²) in [4.78, 5) is 16.5. The molecule has 0 bridgehead atoms. The molecule has 5 heteroatoms. The first-order valence-electron chi connectivity index (χ1n) is 4.77. The Morgan fingerprint density at radius 2 is 2.13 bits per heavy atom. The number of carboxylic acid groups (broad SMARTS) is 1. The van der Waals surface area contributed by atoms with Crippen LogP contribution in [0, 0.1) is 0 Å². The van der Waals surface area contributed by atoms with Gasteiger partial charge in [-0.1, -0.05) is 0 Å². The molecule has 1 fully saturated rings. The van der Waals surface area contributed by atoms with Crippen LogP contribution in [0.1, 0.15) is 6.42 Å². The van der Waals surface area contributed by atoms with Gasteiger partial charge in [0.05, 0.1) is 6.10 Å². The summed E-state index contributed by atoms with van der Waals surface area (Å²) in [5, 5.41) is 18.6. The Hall–Kier alpha value is -1.62. The van der Waals surface area contributed by atoms with Crippen molar-refractivity contribution in [2.24, 2.45) is 0 Å². The van der Waals surface area contributed by atoms with Gasteiger partial charge in [0.25, 0.3) is 0 Å². The van der Waals surface area contributed by atoms with E-state index in [9.17, 15) is 9.90 Å². The molecule has 1 saturated heterocycles. The molecule has 1 aromatic rings. The maximum atomic E-state index is 11.0. The molecule has 1 aliphatic rings. The van der Waals surface area contributed by atoms with Crippen LogP contribution < -0.4 is 4.90 Å². The van der Waals surface area contributed by atoms with E-state index in [1.54, 1.807) is 29.4 Å². The Morgan fingerprint density at radius 1 is 1.47 bits per heavy atom. The third kappa shape index (κ3) is 1.78. The summed E-state index contributed by atoms with van der Waals surface area (Å²) in [6, 6.07) is 2.65. The smallest absolute Gasteiger partial charge is 0.329 e. The fourth-order valence-corrected chi connectivity index (χ4v) is 1.90. The van der Waals surface area contributed by atoms with Crippen LogP contribution in [0.25, 0.3) is 0 Å². The minimum absolute atomic E-state index is 0.485. The molecule has 0 unspecified atom stereocenters. The predicted molar refractivity (Wildman–Crippen MR) is 53.6 cm³/mol. The van der Waals surface area contributed by atoms with E-state index < -0.39 is 18.1 Å². The molecule has 0 saturated carbocycles. The summed E-state index contributed by atoms with van der Waals surface area (Å²) in [7, 11) is 0. The number of aliphatic carboxylic acids is 1. The number of aliphatic hydroxyl groups excluding tert-OH is 1. The van der Waals surface area contributed by atoms with E-state index in [4.69, 9.17) is 5.11 Å². The Kier molecular flexibility index (Phi) is 2.55. The lowest BCUT2D eigenvalue weighted by Gasteiger charge is -2.24. The number of rotatable bonds is 2. The van der Waals surface area contributed by atoms with Crippen LogP contribution in [-0.2, 0) is 4.79 Å². The third-order valence-electron chi connectivity index (χ3n) is 2.61. The molecule has 15 heavy (non-hydrogen) atoms. The van der Waals surface area contributed by atoms with Crippen LogP contribution in [0.2, 0.25) is 0 Å². The van der Waals surface area contributed by atoms with Crippen LogP contribution in [0.3, 0.4) is 0 Å². The summed E-state index contributed by atoms with van der Waals surface area (Å²) in [5.74, 6) is -0.989. The minimum atomic E-state index is -0.989. The first-order chi connectivity index (χ1) is 7.20. The number of hydrogen-bond donors (Lipinski definition) is 2. The zero-order chi connectivity index (χ0) is 10.8. The standard InChI is InChI=1S/C10H12N2O3/c13-8-3-6-12(9(8)10(14)15)7-1-4-11-5-2-7/h1-2,4-5,8-9,13H,3,6H2,(H,14,15)/t8-,9-/m0/s1. The quantitative estimate of drug-likeness (QED) is 0.721. The summed E-state index contributed by atoms with van der Waals surface area (Å²) in [5.41, 5.74) is 0.786. The first kappa shape index (κ1) is 9.92. The largest absolute Gasteiger partial charge is 0.480 e. The molecule has 80 valence electrons. The van der Waals surface area contributed by atoms with E-state index in [1.165, 1.54) is 0 Å². The van der Waals surface area contributed by atoms with Gasteiger partial charge in [-0.15, -0.1) is 0 Å². The molecule has 0 radical (unpaired) electrons. The number of hydrogen-bond acceptors (Lipinski definition) is 4. The van der Waals surface area contributed by atoms with Gasteiger partial charge in [0, 0.05) is 24.6 Å². The molecule has 2 N–H and O–H groups in total. The number of anilines is 1. The number of carboxylic acids is 1. The monoisotopic (exact) mass is 208 g/mol. The zero-order valence-corrected chi connectivity index (χ0v) is 8.08. The average molecular weight is 208 g/mol. The van der Waals surface area contributed by atoms with Crippen molar-refractivity contribution in [2.75, 3.05) is 11.4 Å². The number of aliphatic hydroxyl groups is 1. The Labute approximate surface area is 87.0 Å². The normalized spacial score (nSPS) is 25.5. The minimum Gasteiger partial charge on any atom is -0.480 e. The molecule has 2 heterocycles. The molecule has 0 spiro atoms. The van der Waals surface area contributed by atoms with E-state index in [1.807, 2.05) is 0 Å². The van der Waals surface area contributed by atoms with E-state index >= 15 is 0 Å². The summed E-state index contributed by atoms with van der Waals surface area (Å²) >= 11 is 0. The van der Waals surface area contributed by atoms with Gasteiger partial charge >= 0.3 is 5.97 Å². The van der Waals surface area contributed by atoms with Crippen molar-refractivity contribution in [1.29, 1.82) is 0 Å². The maximum Gasteiger partial charge on any atom is 0.329 e. The molecule has 2 atom stereocenters. The number of carbonyl (C=O) groups is 1. The van der Waals surface area contributed by atoms with Crippen molar-refractivity contribution >= 4 is 11.7 Å². The molecular formula is C10H12N2O3. The van der Waals surface area contributed by atoms with Gasteiger partial charge in [-0.3, -0.25) is 4.98 Å². The van der Waals surface area contributed by atoms with Gasteiger partial charge in [0.2, 0.25) is 0 Å². The lowest BCUT2D eigenvalue weighted by atomic mass is 10.1. The van der Waals surface area contributed by atoms with Gasteiger partial charge in [-0.2, -0.15) is 0 Å². The van der Waals surface area contributed by atoms with Crippen molar-refractivity contribution in [3.63, 3.8) is 0 Å². The average Bonchev–Trinajstić information content (AvgIpc) is 2.61. The van der Waals surface area contributed by atoms with E-state index in [0.29, 0.717) is 13.0 Å². The predicted octanol–water partition coefficient (Wildman–Crippen LogP) is 0.106.